The molecule has 2 aromatic rings. The molecule has 20 heavy (non-hydrogen) atoms. The van der Waals surface area contributed by atoms with Gasteiger partial charge in [0.2, 0.25) is 10.0 Å². The molecule has 106 valence electrons. The van der Waals surface area contributed by atoms with Gasteiger partial charge in [-0.1, -0.05) is 29.8 Å². The first-order chi connectivity index (χ1) is 9.42. The third kappa shape index (κ3) is 3.01. The van der Waals surface area contributed by atoms with Crippen LogP contribution in [0, 0.1) is 0 Å². The average molecular weight is 315 g/mol. The molecule has 2 rings (SSSR count). The number of hydrogen-bond donors (Lipinski definition) is 3. The smallest absolute Gasteiger partial charge is 0.326 e. The van der Waals surface area contributed by atoms with Gasteiger partial charge in [-0.15, -0.1) is 0 Å². The van der Waals surface area contributed by atoms with E-state index in [1.54, 1.807) is 12.1 Å². The van der Waals surface area contributed by atoms with Gasteiger partial charge in [0.1, 0.15) is 6.04 Å². The molecule has 0 saturated carbocycles. The van der Waals surface area contributed by atoms with Crippen molar-refractivity contribution in [3.63, 3.8) is 0 Å². The normalized spacial score (nSPS) is 13.1. The molecule has 0 saturated heterocycles. The van der Waals surface area contributed by atoms with Crippen molar-refractivity contribution in [1.29, 1.82) is 0 Å². The van der Waals surface area contributed by atoms with E-state index in [4.69, 9.17) is 11.6 Å². The van der Waals surface area contributed by atoms with Crippen molar-refractivity contribution in [3.8, 4) is 0 Å². The second kappa shape index (κ2) is 5.66. The minimum Gasteiger partial charge on any atom is -0.480 e. The van der Waals surface area contributed by atoms with Crippen molar-refractivity contribution < 1.29 is 18.3 Å². The van der Waals surface area contributed by atoms with E-state index in [1.165, 1.54) is 30.6 Å². The van der Waals surface area contributed by atoms with E-state index >= 15 is 0 Å². The molecule has 0 aliphatic heterocycles. The van der Waals surface area contributed by atoms with Crippen LogP contribution in [0.1, 0.15) is 11.6 Å². The molecule has 6 nitrogen and oxygen atoms in total. The zero-order valence-corrected chi connectivity index (χ0v) is 11.6. The van der Waals surface area contributed by atoms with Crippen LogP contribution in [0.2, 0.25) is 5.02 Å². The Morgan fingerprint density at radius 2 is 2.00 bits per heavy atom. The van der Waals surface area contributed by atoms with Gasteiger partial charge in [0.05, 0.1) is 4.90 Å². The van der Waals surface area contributed by atoms with Gasteiger partial charge in [0, 0.05) is 17.4 Å². The van der Waals surface area contributed by atoms with E-state index in [2.05, 4.69) is 9.71 Å². The standard InChI is InChI=1S/C12H11ClN2O4S/c13-10-4-2-1-3-9(10)11(12(16)17)15-20(18,19)8-5-6-14-7-8/h1-7,11,14-15H,(H,16,17)/t11-/m1/s1. The van der Waals surface area contributed by atoms with E-state index in [9.17, 15) is 18.3 Å². The van der Waals surface area contributed by atoms with Crippen LogP contribution in [-0.4, -0.2) is 24.5 Å². The predicted octanol–water partition coefficient (Wildman–Crippen LogP) is 1.77. The highest BCUT2D eigenvalue weighted by atomic mass is 35.5. The van der Waals surface area contributed by atoms with Crippen LogP contribution in [0.15, 0.2) is 47.6 Å². The van der Waals surface area contributed by atoms with Gasteiger partial charge in [0.25, 0.3) is 0 Å². The first-order valence-corrected chi connectivity index (χ1v) is 7.40. The molecule has 1 aromatic carbocycles. The summed E-state index contributed by atoms with van der Waals surface area (Å²) in [6.07, 6.45) is 2.69. The van der Waals surface area contributed by atoms with Gasteiger partial charge in [-0.3, -0.25) is 4.79 Å². The Morgan fingerprint density at radius 3 is 2.55 bits per heavy atom. The molecular weight excluding hydrogens is 304 g/mol. The van der Waals surface area contributed by atoms with E-state index in [-0.39, 0.29) is 15.5 Å². The van der Waals surface area contributed by atoms with Crippen LogP contribution < -0.4 is 4.72 Å². The Balaban J connectivity index is 2.37. The monoisotopic (exact) mass is 314 g/mol. The number of aromatic nitrogens is 1. The highest BCUT2D eigenvalue weighted by Crippen LogP contribution is 2.24. The van der Waals surface area contributed by atoms with Crippen LogP contribution in [0.3, 0.4) is 0 Å². The molecule has 0 aliphatic rings. The fourth-order valence-electron chi connectivity index (χ4n) is 1.66. The number of sulfonamides is 1. The number of aromatic amines is 1. The minimum atomic E-state index is -3.95. The van der Waals surface area contributed by atoms with E-state index in [0.717, 1.165) is 0 Å². The Bertz CT molecular complexity index is 713. The number of benzene rings is 1. The number of H-pyrrole nitrogens is 1. The third-order valence-corrected chi connectivity index (χ3v) is 4.38. The van der Waals surface area contributed by atoms with Crippen molar-refractivity contribution in [2.75, 3.05) is 0 Å². The number of aliphatic carboxylic acids is 1. The lowest BCUT2D eigenvalue weighted by atomic mass is 10.1. The highest BCUT2D eigenvalue weighted by molar-refractivity contribution is 7.89. The number of carbonyl (C=O) groups is 1. The van der Waals surface area contributed by atoms with Crippen molar-refractivity contribution in [3.05, 3.63) is 53.3 Å². The summed E-state index contributed by atoms with van der Waals surface area (Å²) < 4.78 is 26.2. The Labute approximate surface area is 120 Å². The average Bonchev–Trinajstić information content (AvgIpc) is 2.91. The molecule has 0 amide bonds. The summed E-state index contributed by atoms with van der Waals surface area (Å²) in [5.74, 6) is -1.34. The lowest BCUT2D eigenvalue weighted by Gasteiger charge is -2.15. The zero-order chi connectivity index (χ0) is 14.8. The van der Waals surface area contributed by atoms with Crippen LogP contribution in [-0.2, 0) is 14.8 Å². The summed E-state index contributed by atoms with van der Waals surface area (Å²) in [5, 5.41) is 9.40. The van der Waals surface area contributed by atoms with Crippen molar-refractivity contribution in [2.45, 2.75) is 10.9 Å². The fraction of sp³-hybridized carbons (Fsp3) is 0.0833. The lowest BCUT2D eigenvalue weighted by molar-refractivity contribution is -0.139. The second-order valence-electron chi connectivity index (χ2n) is 3.96. The first kappa shape index (κ1) is 14.6. The summed E-state index contributed by atoms with van der Waals surface area (Å²) in [7, 11) is -3.95. The van der Waals surface area contributed by atoms with E-state index in [0.29, 0.717) is 0 Å². The van der Waals surface area contributed by atoms with Gasteiger partial charge in [-0.25, -0.2) is 8.42 Å². The van der Waals surface area contributed by atoms with Crippen LogP contribution in [0.4, 0.5) is 0 Å². The number of nitrogens with one attached hydrogen (secondary N) is 2. The molecule has 8 heteroatoms. The molecule has 1 heterocycles. The molecular formula is C12H11ClN2O4S. The number of rotatable bonds is 5. The molecule has 0 spiro atoms. The van der Waals surface area contributed by atoms with E-state index in [1.807, 2.05) is 0 Å². The largest absolute Gasteiger partial charge is 0.480 e. The zero-order valence-electron chi connectivity index (χ0n) is 10.1. The second-order valence-corrected chi connectivity index (χ2v) is 6.08. The number of carboxylic acids is 1. The molecule has 3 N–H and O–H groups in total. The topological polar surface area (TPSA) is 99.3 Å². The summed E-state index contributed by atoms with van der Waals surface area (Å²) in [6, 6.07) is 6.04. The Morgan fingerprint density at radius 1 is 1.30 bits per heavy atom. The summed E-state index contributed by atoms with van der Waals surface area (Å²) in [4.78, 5) is 13.9. The summed E-state index contributed by atoms with van der Waals surface area (Å²) in [6.45, 7) is 0. The Kier molecular flexibility index (Phi) is 4.12. The molecule has 1 aromatic heterocycles. The van der Waals surface area contributed by atoms with Gasteiger partial charge in [-0.2, -0.15) is 4.72 Å². The van der Waals surface area contributed by atoms with Gasteiger partial charge in [-0.05, 0) is 17.7 Å². The summed E-state index contributed by atoms with van der Waals surface area (Å²) >= 11 is 5.91. The SMILES string of the molecule is O=C(O)[C@H](NS(=O)(=O)c1cc[nH]c1)c1ccccc1Cl. The molecule has 0 unspecified atom stereocenters. The van der Waals surface area contributed by atoms with Crippen molar-refractivity contribution in [2.24, 2.45) is 0 Å². The van der Waals surface area contributed by atoms with E-state index < -0.39 is 22.0 Å². The molecule has 0 bridgehead atoms. The highest BCUT2D eigenvalue weighted by Gasteiger charge is 2.28. The van der Waals surface area contributed by atoms with Crippen LogP contribution >= 0.6 is 11.6 Å². The molecule has 0 fully saturated rings. The molecule has 1 atom stereocenters. The maximum atomic E-state index is 12.1. The molecule has 0 aliphatic carbocycles. The number of carboxylic acid groups (broad SMARTS) is 1. The first-order valence-electron chi connectivity index (χ1n) is 5.54. The third-order valence-electron chi connectivity index (χ3n) is 2.62. The predicted molar refractivity (Wildman–Crippen MR) is 72.9 cm³/mol. The number of halogens is 1. The van der Waals surface area contributed by atoms with Gasteiger partial charge < -0.3 is 10.1 Å². The quantitative estimate of drug-likeness (QED) is 0.783. The van der Waals surface area contributed by atoms with Crippen LogP contribution in [0.25, 0.3) is 0 Å². The maximum absolute atomic E-state index is 12.1. The van der Waals surface area contributed by atoms with Gasteiger partial charge >= 0.3 is 5.97 Å². The fourth-order valence-corrected chi connectivity index (χ4v) is 3.04. The van der Waals surface area contributed by atoms with Gasteiger partial charge in [0.15, 0.2) is 0 Å². The number of hydrogen-bond acceptors (Lipinski definition) is 3. The Hall–Kier alpha value is -1.83. The van der Waals surface area contributed by atoms with Crippen LogP contribution in [0.5, 0.6) is 0 Å². The summed E-state index contributed by atoms with van der Waals surface area (Å²) in [5.41, 5.74) is 0.181. The van der Waals surface area contributed by atoms with Crippen molar-refractivity contribution >= 4 is 27.6 Å². The maximum Gasteiger partial charge on any atom is 0.326 e. The lowest BCUT2D eigenvalue weighted by Crippen LogP contribution is -2.33. The van der Waals surface area contributed by atoms with Crippen molar-refractivity contribution in [1.82, 2.24) is 9.71 Å². The molecule has 0 radical (unpaired) electrons. The minimum absolute atomic E-state index is 0.0456.